The Kier molecular flexibility index (Phi) is 17.8. The van der Waals surface area contributed by atoms with Crippen molar-refractivity contribution in [3.63, 3.8) is 0 Å². The predicted octanol–water partition coefficient (Wildman–Crippen LogP) is 7.10. The number of aromatic nitrogens is 1. The van der Waals surface area contributed by atoms with Crippen LogP contribution in [0.4, 0.5) is 5.69 Å². The van der Waals surface area contributed by atoms with Gasteiger partial charge in [0.25, 0.3) is 11.8 Å². The number of nitrogens with one attached hydrogen (secondary N) is 3. The lowest BCUT2D eigenvalue weighted by Gasteiger charge is -2.12. The van der Waals surface area contributed by atoms with Crippen LogP contribution in [-0.4, -0.2) is 35.8 Å². The molecule has 0 bridgehead atoms. The third-order valence-corrected chi connectivity index (χ3v) is 6.01. The molecule has 0 aliphatic heterocycles. The van der Waals surface area contributed by atoms with E-state index in [-0.39, 0.29) is 24.3 Å². The smallest absolute Gasteiger partial charge is 0.257 e. The monoisotopic (exact) mass is 568 g/mol. The summed E-state index contributed by atoms with van der Waals surface area (Å²) in [6, 6.07) is 10.1. The molecule has 7 heteroatoms. The molecule has 1 aromatic carbocycles. The largest absolute Gasteiger partial charge is 0.354 e. The van der Waals surface area contributed by atoms with Crippen LogP contribution in [0.25, 0.3) is 0 Å². The highest BCUT2D eigenvalue weighted by atomic mass is 16.2. The molecule has 2 rings (SSSR count). The van der Waals surface area contributed by atoms with Gasteiger partial charge in [0.15, 0.2) is 0 Å². The van der Waals surface area contributed by atoms with E-state index in [4.69, 9.17) is 0 Å². The normalized spacial score (nSPS) is 11.7. The zero-order chi connectivity index (χ0) is 30.1. The summed E-state index contributed by atoms with van der Waals surface area (Å²) >= 11 is 0. The highest BCUT2D eigenvalue weighted by Gasteiger charge is 2.14. The minimum absolute atomic E-state index is 0.0410. The molecule has 3 N–H and O–H groups in total. The van der Waals surface area contributed by atoms with E-state index in [1.807, 2.05) is 0 Å². The SMILES string of the molecule is CCC=CCC=CCC=CCC=CCC=CCCCC(=O)NCCNC(=O)c1ccccc1NC(=O)c1cccnc1. The highest BCUT2D eigenvalue weighted by Crippen LogP contribution is 2.16. The number of benzene rings is 1. The zero-order valence-corrected chi connectivity index (χ0v) is 24.6. The van der Waals surface area contributed by atoms with Crippen molar-refractivity contribution < 1.29 is 14.4 Å². The van der Waals surface area contributed by atoms with E-state index in [9.17, 15) is 14.4 Å². The molecule has 0 unspecified atom stereocenters. The molecule has 1 heterocycles. The lowest BCUT2D eigenvalue weighted by molar-refractivity contribution is -0.121. The Morgan fingerprint density at radius 1 is 0.714 bits per heavy atom. The van der Waals surface area contributed by atoms with Gasteiger partial charge in [-0.05, 0) is 69.2 Å². The molecule has 1 aromatic heterocycles. The summed E-state index contributed by atoms with van der Waals surface area (Å²) in [6.07, 6.45) is 31.7. The van der Waals surface area contributed by atoms with Crippen LogP contribution in [0.15, 0.2) is 110 Å². The molecule has 0 aliphatic rings. The summed E-state index contributed by atoms with van der Waals surface area (Å²) in [7, 11) is 0. The van der Waals surface area contributed by atoms with E-state index in [1.54, 1.807) is 42.6 Å². The molecule has 0 spiro atoms. The molecule has 7 nitrogen and oxygen atoms in total. The first-order chi connectivity index (χ1) is 20.6. The molecule has 3 amide bonds. The third kappa shape index (κ3) is 15.3. The van der Waals surface area contributed by atoms with Crippen LogP contribution in [0.3, 0.4) is 0 Å². The predicted molar refractivity (Wildman–Crippen MR) is 172 cm³/mol. The summed E-state index contributed by atoms with van der Waals surface area (Å²) in [5.74, 6) is -0.717. The number of carbonyl (C=O) groups is 3. The summed E-state index contributed by atoms with van der Waals surface area (Å²) in [5.41, 5.74) is 1.15. The fourth-order valence-corrected chi connectivity index (χ4v) is 3.79. The van der Waals surface area contributed by atoms with Crippen molar-refractivity contribution in [2.45, 2.75) is 58.3 Å². The number of hydrogen-bond donors (Lipinski definition) is 3. The number of anilines is 1. The molecular weight excluding hydrogens is 524 g/mol. The fourth-order valence-electron chi connectivity index (χ4n) is 3.79. The van der Waals surface area contributed by atoms with Crippen molar-refractivity contribution in [3.05, 3.63) is 121 Å². The Morgan fingerprint density at radius 3 is 1.98 bits per heavy atom. The van der Waals surface area contributed by atoms with Gasteiger partial charge in [0.1, 0.15) is 0 Å². The minimum atomic E-state index is -0.347. The Hall–Kier alpha value is -4.52. The van der Waals surface area contributed by atoms with Gasteiger partial charge < -0.3 is 16.0 Å². The lowest BCUT2D eigenvalue weighted by atomic mass is 10.1. The number of allylic oxidation sites excluding steroid dienone is 10. The lowest BCUT2D eigenvalue weighted by Crippen LogP contribution is -2.35. The van der Waals surface area contributed by atoms with Crippen LogP contribution in [0.1, 0.15) is 79.0 Å². The Morgan fingerprint density at radius 2 is 1.33 bits per heavy atom. The molecule has 0 aliphatic carbocycles. The molecular formula is C35H44N4O3. The average Bonchev–Trinajstić information content (AvgIpc) is 3.01. The van der Waals surface area contributed by atoms with E-state index in [1.165, 1.54) is 6.20 Å². The van der Waals surface area contributed by atoms with Gasteiger partial charge in [-0.2, -0.15) is 0 Å². The van der Waals surface area contributed by atoms with Crippen molar-refractivity contribution in [2.75, 3.05) is 18.4 Å². The van der Waals surface area contributed by atoms with Crippen LogP contribution < -0.4 is 16.0 Å². The number of rotatable bonds is 19. The zero-order valence-electron chi connectivity index (χ0n) is 24.6. The molecule has 0 fully saturated rings. The van der Waals surface area contributed by atoms with Crippen LogP contribution in [-0.2, 0) is 4.79 Å². The van der Waals surface area contributed by atoms with Gasteiger partial charge in [-0.3, -0.25) is 19.4 Å². The first-order valence-electron chi connectivity index (χ1n) is 14.7. The second kappa shape index (κ2) is 22.2. The van der Waals surface area contributed by atoms with Gasteiger partial charge >= 0.3 is 0 Å². The van der Waals surface area contributed by atoms with Gasteiger partial charge in [-0.15, -0.1) is 0 Å². The number of carbonyl (C=O) groups excluding carboxylic acids is 3. The first kappa shape index (κ1) is 33.7. The van der Waals surface area contributed by atoms with Crippen LogP contribution >= 0.6 is 0 Å². The van der Waals surface area contributed by atoms with Crippen LogP contribution in [0.2, 0.25) is 0 Å². The second-order valence-corrected chi connectivity index (χ2v) is 9.45. The number of unbranched alkanes of at least 4 members (excludes halogenated alkanes) is 1. The molecule has 0 atom stereocenters. The number of para-hydroxylation sites is 1. The average molecular weight is 569 g/mol. The minimum Gasteiger partial charge on any atom is -0.354 e. The molecule has 0 saturated heterocycles. The van der Waals surface area contributed by atoms with Crippen molar-refractivity contribution >= 4 is 23.4 Å². The van der Waals surface area contributed by atoms with E-state index < -0.39 is 0 Å². The fraction of sp³-hybridized carbons (Fsp3) is 0.314. The van der Waals surface area contributed by atoms with Gasteiger partial charge in [0, 0.05) is 31.9 Å². The van der Waals surface area contributed by atoms with Gasteiger partial charge in [0.05, 0.1) is 16.8 Å². The molecule has 222 valence electrons. The summed E-state index contributed by atoms with van der Waals surface area (Å²) in [6.45, 7) is 2.75. The number of nitrogens with zero attached hydrogens (tertiary/aromatic N) is 1. The number of amides is 3. The quantitative estimate of drug-likeness (QED) is 0.124. The first-order valence-corrected chi connectivity index (χ1v) is 14.7. The van der Waals surface area contributed by atoms with Crippen molar-refractivity contribution in [2.24, 2.45) is 0 Å². The Bertz CT molecular complexity index is 1230. The maximum Gasteiger partial charge on any atom is 0.257 e. The number of pyridine rings is 1. The topological polar surface area (TPSA) is 100 Å². The van der Waals surface area contributed by atoms with Crippen molar-refractivity contribution in [1.82, 2.24) is 15.6 Å². The van der Waals surface area contributed by atoms with Crippen LogP contribution in [0.5, 0.6) is 0 Å². The van der Waals surface area contributed by atoms with E-state index in [2.05, 4.69) is 88.6 Å². The van der Waals surface area contributed by atoms with Gasteiger partial charge in [-0.25, -0.2) is 0 Å². The van der Waals surface area contributed by atoms with Crippen molar-refractivity contribution in [3.8, 4) is 0 Å². The van der Waals surface area contributed by atoms with E-state index in [0.29, 0.717) is 29.8 Å². The van der Waals surface area contributed by atoms with Gasteiger partial charge in [0.2, 0.25) is 5.91 Å². The van der Waals surface area contributed by atoms with Crippen LogP contribution in [0, 0.1) is 0 Å². The molecule has 0 saturated carbocycles. The Balaban J connectivity index is 1.53. The maximum absolute atomic E-state index is 12.7. The van der Waals surface area contributed by atoms with Crippen molar-refractivity contribution in [1.29, 1.82) is 0 Å². The molecule has 2 aromatic rings. The highest BCUT2D eigenvalue weighted by molar-refractivity contribution is 6.08. The second-order valence-electron chi connectivity index (χ2n) is 9.45. The van der Waals surface area contributed by atoms with Gasteiger partial charge in [-0.1, -0.05) is 79.8 Å². The van der Waals surface area contributed by atoms with E-state index >= 15 is 0 Å². The summed E-state index contributed by atoms with van der Waals surface area (Å²) < 4.78 is 0. The summed E-state index contributed by atoms with van der Waals surface area (Å²) in [5, 5.41) is 8.38. The molecule has 42 heavy (non-hydrogen) atoms. The third-order valence-electron chi connectivity index (χ3n) is 6.01. The maximum atomic E-state index is 12.7. The standard InChI is InChI=1S/C35H44N4O3/c1-2-3-4-5-6-7-8-9-10-11-12-13-14-15-16-17-18-25-33(40)37-27-28-38-35(42)31-23-19-20-24-32(31)39-34(41)30-22-21-26-36-29-30/h3-4,6-7,9-10,12-13,15-16,19-24,26,29H,2,5,8,11,14,17-18,25,27-28H2,1H3,(H,37,40)(H,38,42)(H,39,41). The summed E-state index contributed by atoms with van der Waals surface area (Å²) in [4.78, 5) is 41.2. The Labute approximate surface area is 250 Å². The molecule has 0 radical (unpaired) electrons. The van der Waals surface area contributed by atoms with E-state index in [0.717, 1.165) is 44.9 Å². The number of hydrogen-bond acceptors (Lipinski definition) is 4.